The van der Waals surface area contributed by atoms with Gasteiger partial charge in [-0.3, -0.25) is 9.48 Å². The minimum atomic E-state index is 0.0526. The van der Waals surface area contributed by atoms with Gasteiger partial charge in [-0.05, 0) is 34.2 Å². The number of hydrogen-bond donors (Lipinski definition) is 0. The van der Waals surface area contributed by atoms with E-state index in [1.807, 2.05) is 58.7 Å². The van der Waals surface area contributed by atoms with E-state index < -0.39 is 0 Å². The molecule has 1 aliphatic heterocycles. The zero-order chi connectivity index (χ0) is 17.2. The largest absolute Gasteiger partial charge is 0.334 e. The number of rotatable bonds is 3. The van der Waals surface area contributed by atoms with Gasteiger partial charge in [-0.1, -0.05) is 30.3 Å². The summed E-state index contributed by atoms with van der Waals surface area (Å²) < 4.78 is 1.81. The van der Waals surface area contributed by atoms with Crippen LogP contribution in [0.5, 0.6) is 0 Å². The smallest absolute Gasteiger partial charge is 0.246 e. The number of fused-ring (bicyclic) bond motifs is 1. The summed E-state index contributed by atoms with van der Waals surface area (Å²) in [6.45, 7) is 1.33. The van der Waals surface area contributed by atoms with Crippen molar-refractivity contribution in [2.24, 2.45) is 7.05 Å². The Morgan fingerprint density at radius 2 is 2.16 bits per heavy atom. The fourth-order valence-corrected chi connectivity index (χ4v) is 3.94. The number of carbonyl (C=O) groups excluding carboxylic acids is 1. The molecule has 4 nitrogen and oxygen atoms in total. The highest BCUT2D eigenvalue weighted by atomic mass is 32.1. The molecule has 3 heterocycles. The topological polar surface area (TPSA) is 38.1 Å². The lowest BCUT2D eigenvalue weighted by molar-refractivity contribution is -0.127. The van der Waals surface area contributed by atoms with Gasteiger partial charge in [-0.2, -0.15) is 5.10 Å². The van der Waals surface area contributed by atoms with E-state index in [1.54, 1.807) is 17.4 Å². The molecule has 0 aliphatic carbocycles. The van der Waals surface area contributed by atoms with Crippen LogP contribution in [0.2, 0.25) is 0 Å². The predicted octanol–water partition coefficient (Wildman–Crippen LogP) is 3.67. The van der Waals surface area contributed by atoms with Crippen LogP contribution in [0.1, 0.15) is 27.5 Å². The van der Waals surface area contributed by atoms with Crippen molar-refractivity contribution >= 4 is 23.3 Å². The molecule has 1 aromatic carbocycles. The number of thiophene rings is 1. The molecule has 0 saturated heterocycles. The molecule has 1 aliphatic rings. The third-order valence-electron chi connectivity index (χ3n) is 4.57. The van der Waals surface area contributed by atoms with Crippen molar-refractivity contribution in [2.75, 3.05) is 6.54 Å². The van der Waals surface area contributed by atoms with Gasteiger partial charge < -0.3 is 4.90 Å². The van der Waals surface area contributed by atoms with Crippen molar-refractivity contribution in [3.05, 3.63) is 81.8 Å². The molecule has 0 spiro atoms. The normalized spacial score (nSPS) is 17.0. The second-order valence-corrected chi connectivity index (χ2v) is 7.25. The van der Waals surface area contributed by atoms with Crippen LogP contribution in [0.4, 0.5) is 0 Å². The molecule has 5 heteroatoms. The molecule has 0 bridgehead atoms. The van der Waals surface area contributed by atoms with Gasteiger partial charge in [0, 0.05) is 43.2 Å². The first-order valence-corrected chi connectivity index (χ1v) is 9.15. The molecule has 1 amide bonds. The van der Waals surface area contributed by atoms with Crippen molar-refractivity contribution in [2.45, 2.75) is 12.5 Å². The van der Waals surface area contributed by atoms with Crippen LogP contribution in [0, 0.1) is 0 Å². The van der Waals surface area contributed by atoms with Crippen molar-refractivity contribution in [1.29, 1.82) is 0 Å². The van der Waals surface area contributed by atoms with E-state index in [-0.39, 0.29) is 11.8 Å². The first-order chi connectivity index (χ1) is 12.2. The molecule has 0 radical (unpaired) electrons. The molecule has 0 saturated carbocycles. The number of aromatic nitrogens is 2. The third kappa shape index (κ3) is 3.28. The molecule has 0 N–H and O–H groups in total. The zero-order valence-electron chi connectivity index (χ0n) is 14.0. The number of hydrogen-bond acceptors (Lipinski definition) is 3. The molecule has 0 unspecified atom stereocenters. The highest BCUT2D eigenvalue weighted by molar-refractivity contribution is 7.10. The first-order valence-electron chi connectivity index (χ1n) is 8.27. The summed E-state index contributed by atoms with van der Waals surface area (Å²) in [5, 5.41) is 6.32. The quantitative estimate of drug-likeness (QED) is 0.677. The molecule has 3 aromatic rings. The Kier molecular flexibility index (Phi) is 4.24. The predicted molar refractivity (Wildman–Crippen MR) is 100 cm³/mol. The lowest BCUT2D eigenvalue weighted by atomic mass is 9.86. The van der Waals surface area contributed by atoms with E-state index in [0.29, 0.717) is 13.1 Å². The number of aryl methyl sites for hydroxylation is 1. The fourth-order valence-electron chi connectivity index (χ4n) is 3.32. The maximum Gasteiger partial charge on any atom is 0.246 e. The maximum absolute atomic E-state index is 12.7. The summed E-state index contributed by atoms with van der Waals surface area (Å²) in [6, 6.07) is 12.4. The van der Waals surface area contributed by atoms with Crippen LogP contribution in [-0.4, -0.2) is 27.1 Å². The Balaban J connectivity index is 1.62. The summed E-state index contributed by atoms with van der Waals surface area (Å²) in [6.07, 6.45) is 7.51. The minimum absolute atomic E-state index is 0.0526. The lowest BCUT2D eigenvalue weighted by Gasteiger charge is -2.34. The second kappa shape index (κ2) is 6.69. The highest BCUT2D eigenvalue weighted by Crippen LogP contribution is 2.33. The summed E-state index contributed by atoms with van der Waals surface area (Å²) in [7, 11) is 1.92. The van der Waals surface area contributed by atoms with Gasteiger partial charge in [0.1, 0.15) is 0 Å². The third-order valence-corrected chi connectivity index (χ3v) is 5.40. The van der Waals surface area contributed by atoms with Gasteiger partial charge in [0.25, 0.3) is 0 Å². The molecular formula is C20H19N3OS. The lowest BCUT2D eigenvalue weighted by Crippen LogP contribution is -2.37. The van der Waals surface area contributed by atoms with Gasteiger partial charge in [0.05, 0.1) is 6.20 Å². The minimum Gasteiger partial charge on any atom is -0.334 e. The Labute approximate surface area is 151 Å². The van der Waals surface area contributed by atoms with Gasteiger partial charge in [0.15, 0.2) is 0 Å². The van der Waals surface area contributed by atoms with Crippen LogP contribution < -0.4 is 0 Å². The van der Waals surface area contributed by atoms with Crippen molar-refractivity contribution in [3.63, 3.8) is 0 Å². The van der Waals surface area contributed by atoms with Gasteiger partial charge in [0.2, 0.25) is 5.91 Å². The average Bonchev–Trinajstić information content (AvgIpc) is 3.30. The Morgan fingerprint density at radius 1 is 1.28 bits per heavy atom. The Bertz CT molecular complexity index is 911. The van der Waals surface area contributed by atoms with Gasteiger partial charge in [-0.25, -0.2) is 0 Å². The van der Waals surface area contributed by atoms with E-state index in [9.17, 15) is 4.79 Å². The van der Waals surface area contributed by atoms with Crippen LogP contribution in [0.25, 0.3) is 6.08 Å². The summed E-state index contributed by atoms with van der Waals surface area (Å²) in [5.41, 5.74) is 3.65. The monoisotopic (exact) mass is 349 g/mol. The van der Waals surface area contributed by atoms with E-state index in [4.69, 9.17) is 0 Å². The Hall–Kier alpha value is -2.66. The van der Waals surface area contributed by atoms with Gasteiger partial charge in [-0.15, -0.1) is 11.3 Å². The number of benzene rings is 1. The van der Waals surface area contributed by atoms with E-state index in [2.05, 4.69) is 23.3 Å². The molecule has 4 rings (SSSR count). The van der Waals surface area contributed by atoms with Crippen LogP contribution >= 0.6 is 11.3 Å². The first kappa shape index (κ1) is 15.8. The zero-order valence-corrected chi connectivity index (χ0v) is 14.8. The SMILES string of the molecule is Cn1cc([C@H]2CN(C(=O)/C=C/c3cccs3)Cc3ccccc32)cn1. The fraction of sp³-hybridized carbons (Fsp3) is 0.200. The molecule has 25 heavy (non-hydrogen) atoms. The summed E-state index contributed by atoms with van der Waals surface area (Å²) in [5.74, 6) is 0.217. The number of amides is 1. The van der Waals surface area contributed by atoms with Gasteiger partial charge >= 0.3 is 0 Å². The van der Waals surface area contributed by atoms with E-state index in [0.717, 1.165) is 10.4 Å². The molecular weight excluding hydrogens is 330 g/mol. The highest BCUT2D eigenvalue weighted by Gasteiger charge is 2.28. The van der Waals surface area contributed by atoms with Crippen molar-refractivity contribution in [1.82, 2.24) is 14.7 Å². The second-order valence-electron chi connectivity index (χ2n) is 6.27. The standard InChI is InChI=1S/C20H19N3OS/c1-22-12-16(11-21-22)19-14-23(13-15-5-2-3-7-18(15)19)20(24)9-8-17-6-4-10-25-17/h2-12,19H,13-14H2,1H3/b9-8+/t19-/m1/s1. The van der Waals surface area contributed by atoms with Crippen LogP contribution in [-0.2, 0) is 18.4 Å². The maximum atomic E-state index is 12.7. The van der Waals surface area contributed by atoms with Crippen molar-refractivity contribution < 1.29 is 4.79 Å². The summed E-state index contributed by atoms with van der Waals surface area (Å²) in [4.78, 5) is 15.7. The van der Waals surface area contributed by atoms with E-state index in [1.165, 1.54) is 11.1 Å². The van der Waals surface area contributed by atoms with Crippen LogP contribution in [0.15, 0.2) is 60.2 Å². The number of nitrogens with zero attached hydrogens (tertiary/aromatic N) is 3. The van der Waals surface area contributed by atoms with Crippen LogP contribution in [0.3, 0.4) is 0 Å². The molecule has 2 aromatic heterocycles. The molecule has 1 atom stereocenters. The molecule has 0 fully saturated rings. The van der Waals surface area contributed by atoms with Crippen molar-refractivity contribution in [3.8, 4) is 0 Å². The summed E-state index contributed by atoms with van der Waals surface area (Å²) >= 11 is 1.63. The average molecular weight is 349 g/mol. The van der Waals surface area contributed by atoms with E-state index >= 15 is 0 Å². The number of carbonyl (C=O) groups is 1. The molecule has 126 valence electrons. The Morgan fingerprint density at radius 3 is 2.92 bits per heavy atom.